The number of hydrogen-bond acceptors (Lipinski definition) is 1. The first-order chi connectivity index (χ1) is 6.13. The summed E-state index contributed by atoms with van der Waals surface area (Å²) >= 11 is 0. The summed E-state index contributed by atoms with van der Waals surface area (Å²) in [6.07, 6.45) is 0.452. The highest BCUT2D eigenvalue weighted by atomic mass is 19.2. The first-order valence-corrected chi connectivity index (χ1v) is 3.97. The van der Waals surface area contributed by atoms with Crippen LogP contribution in [-0.4, -0.2) is 0 Å². The molecule has 0 spiro atoms. The molecule has 0 aliphatic heterocycles. The van der Waals surface area contributed by atoms with Crippen molar-refractivity contribution in [1.82, 2.24) is 0 Å². The summed E-state index contributed by atoms with van der Waals surface area (Å²) in [4.78, 5) is 0. The van der Waals surface area contributed by atoms with Gasteiger partial charge in [-0.05, 0) is 31.0 Å². The fourth-order valence-electron chi connectivity index (χ4n) is 1.07. The minimum atomic E-state index is -0.859. The molecule has 3 heteroatoms. The van der Waals surface area contributed by atoms with Crippen LogP contribution in [-0.2, 0) is 6.42 Å². The van der Waals surface area contributed by atoms with Gasteiger partial charge < -0.3 is 0 Å². The van der Waals surface area contributed by atoms with E-state index in [1.54, 1.807) is 6.92 Å². The molecule has 0 radical (unpaired) electrons. The highest BCUT2D eigenvalue weighted by molar-refractivity contribution is 5.19. The highest BCUT2D eigenvalue weighted by Crippen LogP contribution is 2.12. The average molecular weight is 181 g/mol. The van der Waals surface area contributed by atoms with E-state index in [4.69, 9.17) is 5.26 Å². The third-order valence-corrected chi connectivity index (χ3v) is 1.75. The maximum absolute atomic E-state index is 12.7. The monoisotopic (exact) mass is 181 g/mol. The lowest BCUT2D eigenvalue weighted by atomic mass is 10.0. The van der Waals surface area contributed by atoms with Gasteiger partial charge in [0.2, 0.25) is 0 Å². The predicted octanol–water partition coefficient (Wildman–Crippen LogP) is 2.67. The molecule has 1 unspecified atom stereocenters. The lowest BCUT2D eigenvalue weighted by molar-refractivity contribution is 0.506. The first-order valence-electron chi connectivity index (χ1n) is 3.97. The van der Waals surface area contributed by atoms with Crippen molar-refractivity contribution in [2.45, 2.75) is 13.3 Å². The molecule has 0 aliphatic carbocycles. The Morgan fingerprint density at radius 2 is 2.08 bits per heavy atom. The number of hydrogen-bond donors (Lipinski definition) is 0. The van der Waals surface area contributed by atoms with Gasteiger partial charge in [-0.3, -0.25) is 0 Å². The summed E-state index contributed by atoms with van der Waals surface area (Å²) in [5, 5.41) is 8.50. The molecule has 0 N–H and O–H groups in total. The van der Waals surface area contributed by atoms with Crippen LogP contribution in [0, 0.1) is 28.9 Å². The second-order valence-electron chi connectivity index (χ2n) is 2.98. The van der Waals surface area contributed by atoms with Gasteiger partial charge >= 0.3 is 0 Å². The molecule has 13 heavy (non-hydrogen) atoms. The van der Waals surface area contributed by atoms with Crippen LogP contribution in [0.25, 0.3) is 0 Å². The zero-order valence-corrected chi connectivity index (χ0v) is 7.22. The maximum Gasteiger partial charge on any atom is 0.159 e. The fraction of sp³-hybridized carbons (Fsp3) is 0.300. The normalized spacial score (nSPS) is 12.2. The van der Waals surface area contributed by atoms with Crippen LogP contribution in [0.1, 0.15) is 12.5 Å². The van der Waals surface area contributed by atoms with Crippen LogP contribution in [0.4, 0.5) is 8.78 Å². The Kier molecular flexibility index (Phi) is 2.97. The highest BCUT2D eigenvalue weighted by Gasteiger charge is 2.05. The lowest BCUT2D eigenvalue weighted by Gasteiger charge is -2.02. The number of nitriles is 1. The molecule has 0 fully saturated rings. The molecule has 1 aromatic rings. The Labute approximate surface area is 75.6 Å². The van der Waals surface area contributed by atoms with Gasteiger partial charge in [0.1, 0.15) is 0 Å². The van der Waals surface area contributed by atoms with Crippen molar-refractivity contribution in [3.05, 3.63) is 35.4 Å². The summed E-state index contributed by atoms with van der Waals surface area (Å²) in [5.41, 5.74) is 0.646. The van der Waals surface area contributed by atoms with E-state index in [9.17, 15) is 8.78 Å². The molecule has 0 saturated carbocycles. The van der Waals surface area contributed by atoms with E-state index in [0.29, 0.717) is 12.0 Å². The molecule has 0 saturated heterocycles. The average Bonchev–Trinajstić information content (AvgIpc) is 2.11. The Hall–Kier alpha value is -1.43. The van der Waals surface area contributed by atoms with Crippen molar-refractivity contribution in [2.75, 3.05) is 0 Å². The standard InChI is InChI=1S/C10H9F2N/c1-7(6-13)4-8-2-3-9(11)10(12)5-8/h2-3,5,7H,4H2,1H3. The topological polar surface area (TPSA) is 23.8 Å². The largest absolute Gasteiger partial charge is 0.204 e. The SMILES string of the molecule is CC(C#N)Cc1ccc(F)c(F)c1. The van der Waals surface area contributed by atoms with Crippen molar-refractivity contribution < 1.29 is 8.78 Å². The second-order valence-corrected chi connectivity index (χ2v) is 2.98. The van der Waals surface area contributed by atoms with E-state index in [0.717, 1.165) is 12.1 Å². The Morgan fingerprint density at radius 3 is 2.62 bits per heavy atom. The molecule has 0 aliphatic rings. The van der Waals surface area contributed by atoms with E-state index in [2.05, 4.69) is 0 Å². The molecule has 0 aromatic heterocycles. The Bertz CT molecular complexity index is 341. The minimum absolute atomic E-state index is 0.176. The van der Waals surface area contributed by atoms with Gasteiger partial charge in [0.25, 0.3) is 0 Å². The van der Waals surface area contributed by atoms with E-state index >= 15 is 0 Å². The molecule has 1 rings (SSSR count). The van der Waals surface area contributed by atoms with Crippen LogP contribution < -0.4 is 0 Å². The van der Waals surface area contributed by atoms with Crippen LogP contribution in [0.2, 0.25) is 0 Å². The number of rotatable bonds is 2. The van der Waals surface area contributed by atoms with Crippen molar-refractivity contribution in [1.29, 1.82) is 5.26 Å². The quantitative estimate of drug-likeness (QED) is 0.688. The van der Waals surface area contributed by atoms with E-state index < -0.39 is 11.6 Å². The number of benzene rings is 1. The smallest absolute Gasteiger partial charge is 0.159 e. The van der Waals surface area contributed by atoms with Crippen LogP contribution >= 0.6 is 0 Å². The molecular weight excluding hydrogens is 172 g/mol. The van der Waals surface area contributed by atoms with Crippen molar-refractivity contribution in [3.8, 4) is 6.07 Å². The van der Waals surface area contributed by atoms with Gasteiger partial charge in [-0.2, -0.15) is 5.26 Å². The van der Waals surface area contributed by atoms with Gasteiger partial charge in [-0.15, -0.1) is 0 Å². The second kappa shape index (κ2) is 3.99. The fourth-order valence-corrected chi connectivity index (χ4v) is 1.07. The van der Waals surface area contributed by atoms with Gasteiger partial charge in [0, 0.05) is 5.92 Å². The lowest BCUT2D eigenvalue weighted by Crippen LogP contribution is -1.97. The van der Waals surface area contributed by atoms with Crippen LogP contribution in [0.5, 0.6) is 0 Å². The van der Waals surface area contributed by atoms with E-state index in [1.165, 1.54) is 6.07 Å². The molecular formula is C10H9F2N. The Morgan fingerprint density at radius 1 is 1.38 bits per heavy atom. The van der Waals surface area contributed by atoms with Crippen LogP contribution in [0.3, 0.4) is 0 Å². The van der Waals surface area contributed by atoms with Gasteiger partial charge in [0.15, 0.2) is 11.6 Å². The predicted molar refractivity (Wildman–Crippen MR) is 44.8 cm³/mol. The summed E-state index contributed by atoms with van der Waals surface area (Å²) in [5.74, 6) is -1.89. The first kappa shape index (κ1) is 9.66. The van der Waals surface area contributed by atoms with E-state index in [-0.39, 0.29) is 5.92 Å². The molecule has 1 atom stereocenters. The van der Waals surface area contributed by atoms with Crippen molar-refractivity contribution in [3.63, 3.8) is 0 Å². The zero-order valence-electron chi connectivity index (χ0n) is 7.22. The van der Waals surface area contributed by atoms with Crippen LogP contribution in [0.15, 0.2) is 18.2 Å². The molecule has 1 aromatic carbocycles. The van der Waals surface area contributed by atoms with Gasteiger partial charge in [0.05, 0.1) is 6.07 Å². The zero-order chi connectivity index (χ0) is 9.84. The third-order valence-electron chi connectivity index (χ3n) is 1.75. The third kappa shape index (κ3) is 2.51. The van der Waals surface area contributed by atoms with Crippen molar-refractivity contribution >= 4 is 0 Å². The molecule has 0 amide bonds. The maximum atomic E-state index is 12.7. The van der Waals surface area contributed by atoms with E-state index in [1.807, 2.05) is 6.07 Å². The molecule has 1 nitrogen and oxygen atoms in total. The Balaban J connectivity index is 2.81. The van der Waals surface area contributed by atoms with Crippen molar-refractivity contribution in [2.24, 2.45) is 5.92 Å². The molecule has 68 valence electrons. The molecule has 0 heterocycles. The minimum Gasteiger partial charge on any atom is -0.204 e. The van der Waals surface area contributed by atoms with Gasteiger partial charge in [-0.25, -0.2) is 8.78 Å². The summed E-state index contributed by atoms with van der Waals surface area (Å²) in [7, 11) is 0. The number of nitrogens with zero attached hydrogens (tertiary/aromatic N) is 1. The summed E-state index contributed by atoms with van der Waals surface area (Å²) in [6.45, 7) is 1.74. The summed E-state index contributed by atoms with van der Waals surface area (Å²) < 4.78 is 25.2. The van der Waals surface area contributed by atoms with Gasteiger partial charge in [-0.1, -0.05) is 6.07 Å². The number of halogens is 2. The summed E-state index contributed by atoms with van der Waals surface area (Å²) in [6, 6.07) is 5.73. The molecule has 0 bridgehead atoms.